The lowest BCUT2D eigenvalue weighted by Crippen LogP contribution is -2.39. The first-order valence-corrected chi connectivity index (χ1v) is 6.45. The van der Waals surface area contributed by atoms with E-state index in [0.717, 1.165) is 32.5 Å². The molecule has 0 fully saturated rings. The van der Waals surface area contributed by atoms with E-state index in [9.17, 15) is 4.79 Å². The number of fused-ring (bicyclic) bond motifs is 1. The zero-order valence-corrected chi connectivity index (χ0v) is 10.8. The van der Waals surface area contributed by atoms with Gasteiger partial charge in [-0.15, -0.1) is 0 Å². The minimum absolute atomic E-state index is 0.273. The largest absolute Gasteiger partial charge is 0.481 e. The summed E-state index contributed by atoms with van der Waals surface area (Å²) in [5.74, 6) is -0.700. The number of carboxylic acid groups (broad SMARTS) is 1. The zero-order chi connectivity index (χ0) is 13.0. The molecule has 1 aliphatic rings. The lowest BCUT2D eigenvalue weighted by atomic mass is 10.1. The maximum atomic E-state index is 10.5. The van der Waals surface area contributed by atoms with Crippen LogP contribution in [0.4, 0.5) is 11.4 Å². The molecule has 0 saturated heterocycles. The van der Waals surface area contributed by atoms with Gasteiger partial charge in [0.1, 0.15) is 0 Å². The molecular formula is C14H20N2O2. The summed E-state index contributed by atoms with van der Waals surface area (Å²) < 4.78 is 0. The van der Waals surface area contributed by atoms with E-state index in [2.05, 4.69) is 41.1 Å². The third kappa shape index (κ3) is 2.94. The first-order valence-electron chi connectivity index (χ1n) is 6.45. The van der Waals surface area contributed by atoms with Crippen LogP contribution in [0.3, 0.4) is 0 Å². The van der Waals surface area contributed by atoms with Crippen LogP contribution < -0.4 is 9.80 Å². The SMILES string of the molecule is CN1CCN(CCCCC(=O)O)c2ccccc21. The molecule has 98 valence electrons. The Morgan fingerprint density at radius 2 is 1.94 bits per heavy atom. The molecule has 4 heteroatoms. The number of hydrogen-bond donors (Lipinski definition) is 1. The van der Waals surface area contributed by atoms with E-state index in [4.69, 9.17) is 5.11 Å². The maximum absolute atomic E-state index is 10.5. The van der Waals surface area contributed by atoms with Crippen LogP contribution in [0.5, 0.6) is 0 Å². The van der Waals surface area contributed by atoms with Gasteiger partial charge in [-0.05, 0) is 25.0 Å². The molecule has 0 aliphatic carbocycles. The molecule has 0 atom stereocenters. The Hall–Kier alpha value is -1.71. The number of carboxylic acids is 1. The van der Waals surface area contributed by atoms with Crippen molar-refractivity contribution in [2.45, 2.75) is 19.3 Å². The van der Waals surface area contributed by atoms with Gasteiger partial charge in [-0.1, -0.05) is 12.1 Å². The number of unbranched alkanes of at least 4 members (excludes halogenated alkanes) is 1. The topological polar surface area (TPSA) is 43.8 Å². The summed E-state index contributed by atoms with van der Waals surface area (Å²) in [4.78, 5) is 15.1. The van der Waals surface area contributed by atoms with Gasteiger partial charge in [0.05, 0.1) is 11.4 Å². The molecule has 0 unspecified atom stereocenters. The van der Waals surface area contributed by atoms with Crippen LogP contribution in [-0.4, -0.2) is 37.8 Å². The second-order valence-electron chi connectivity index (χ2n) is 4.75. The van der Waals surface area contributed by atoms with E-state index in [0.29, 0.717) is 0 Å². The Balaban J connectivity index is 1.94. The van der Waals surface area contributed by atoms with Crippen molar-refractivity contribution < 1.29 is 9.90 Å². The highest BCUT2D eigenvalue weighted by Gasteiger charge is 2.18. The Labute approximate surface area is 108 Å². The average Bonchev–Trinajstić information content (AvgIpc) is 2.37. The highest BCUT2D eigenvalue weighted by atomic mass is 16.4. The minimum atomic E-state index is -0.700. The molecule has 1 aromatic carbocycles. The highest BCUT2D eigenvalue weighted by molar-refractivity contribution is 5.73. The van der Waals surface area contributed by atoms with E-state index in [1.807, 2.05) is 0 Å². The Morgan fingerprint density at radius 3 is 2.67 bits per heavy atom. The molecule has 0 saturated carbocycles. The number of likely N-dealkylation sites (N-methyl/N-ethyl adjacent to an activating group) is 1. The van der Waals surface area contributed by atoms with Crippen molar-refractivity contribution in [3.63, 3.8) is 0 Å². The quantitative estimate of drug-likeness (QED) is 0.811. The fraction of sp³-hybridized carbons (Fsp3) is 0.500. The van der Waals surface area contributed by atoms with Gasteiger partial charge in [-0.3, -0.25) is 4.79 Å². The van der Waals surface area contributed by atoms with Crippen molar-refractivity contribution in [1.29, 1.82) is 0 Å². The Kier molecular flexibility index (Phi) is 4.07. The predicted molar refractivity (Wildman–Crippen MR) is 73.4 cm³/mol. The summed E-state index contributed by atoms with van der Waals surface area (Å²) in [5, 5.41) is 8.62. The van der Waals surface area contributed by atoms with Crippen LogP contribution in [0, 0.1) is 0 Å². The molecule has 1 aromatic rings. The van der Waals surface area contributed by atoms with Crippen molar-refractivity contribution in [2.75, 3.05) is 36.5 Å². The predicted octanol–water partition coefficient (Wildman–Crippen LogP) is 2.20. The minimum Gasteiger partial charge on any atom is -0.481 e. The molecule has 0 aromatic heterocycles. The first kappa shape index (κ1) is 12.7. The number of anilines is 2. The van der Waals surface area contributed by atoms with Crippen molar-refractivity contribution >= 4 is 17.3 Å². The van der Waals surface area contributed by atoms with Gasteiger partial charge < -0.3 is 14.9 Å². The number of benzene rings is 1. The smallest absolute Gasteiger partial charge is 0.303 e. The summed E-state index contributed by atoms with van der Waals surface area (Å²) in [7, 11) is 2.11. The third-order valence-electron chi connectivity index (χ3n) is 3.41. The van der Waals surface area contributed by atoms with Crippen LogP contribution in [0.25, 0.3) is 0 Å². The molecule has 4 nitrogen and oxygen atoms in total. The molecule has 0 spiro atoms. The lowest BCUT2D eigenvalue weighted by molar-refractivity contribution is -0.137. The molecule has 1 heterocycles. The number of aliphatic carboxylic acids is 1. The van der Waals surface area contributed by atoms with Crippen LogP contribution in [0.1, 0.15) is 19.3 Å². The van der Waals surface area contributed by atoms with Crippen LogP contribution in [0.2, 0.25) is 0 Å². The maximum Gasteiger partial charge on any atom is 0.303 e. The van der Waals surface area contributed by atoms with Crippen molar-refractivity contribution in [3.8, 4) is 0 Å². The normalized spacial score (nSPS) is 14.5. The summed E-state index contributed by atoms with van der Waals surface area (Å²) in [6.07, 6.45) is 1.96. The van der Waals surface area contributed by atoms with Crippen molar-refractivity contribution in [3.05, 3.63) is 24.3 Å². The molecule has 0 radical (unpaired) electrons. The van der Waals surface area contributed by atoms with Crippen LogP contribution in [0.15, 0.2) is 24.3 Å². The first-order chi connectivity index (χ1) is 8.68. The van der Waals surface area contributed by atoms with E-state index in [1.54, 1.807) is 0 Å². The molecule has 2 rings (SSSR count). The van der Waals surface area contributed by atoms with E-state index in [1.165, 1.54) is 11.4 Å². The van der Waals surface area contributed by atoms with Crippen molar-refractivity contribution in [2.24, 2.45) is 0 Å². The second-order valence-corrected chi connectivity index (χ2v) is 4.75. The van der Waals surface area contributed by atoms with Crippen LogP contribution >= 0.6 is 0 Å². The highest BCUT2D eigenvalue weighted by Crippen LogP contribution is 2.31. The summed E-state index contributed by atoms with van der Waals surface area (Å²) in [6.45, 7) is 2.98. The van der Waals surface area contributed by atoms with Gasteiger partial charge in [-0.25, -0.2) is 0 Å². The number of rotatable bonds is 5. The molecule has 0 bridgehead atoms. The summed E-state index contributed by atoms with van der Waals surface area (Å²) >= 11 is 0. The van der Waals surface area contributed by atoms with Crippen molar-refractivity contribution in [1.82, 2.24) is 0 Å². The van der Waals surface area contributed by atoms with Crippen LogP contribution in [-0.2, 0) is 4.79 Å². The summed E-state index contributed by atoms with van der Waals surface area (Å²) in [5.41, 5.74) is 2.53. The molecule has 18 heavy (non-hydrogen) atoms. The monoisotopic (exact) mass is 248 g/mol. The van der Waals surface area contributed by atoms with E-state index in [-0.39, 0.29) is 6.42 Å². The van der Waals surface area contributed by atoms with Gasteiger partial charge in [0.25, 0.3) is 0 Å². The Morgan fingerprint density at radius 1 is 1.22 bits per heavy atom. The van der Waals surface area contributed by atoms with E-state index < -0.39 is 5.97 Å². The number of carbonyl (C=O) groups is 1. The van der Waals surface area contributed by atoms with Gasteiger partial charge in [-0.2, -0.15) is 0 Å². The Bertz CT molecular complexity index is 420. The number of para-hydroxylation sites is 2. The third-order valence-corrected chi connectivity index (χ3v) is 3.41. The standard InChI is InChI=1S/C14H20N2O2/c1-15-10-11-16(9-5-4-8-14(17)18)13-7-3-2-6-12(13)15/h2-3,6-7H,4-5,8-11H2,1H3,(H,17,18). The average molecular weight is 248 g/mol. The zero-order valence-electron chi connectivity index (χ0n) is 10.8. The van der Waals surface area contributed by atoms with Gasteiger partial charge in [0.15, 0.2) is 0 Å². The molecule has 0 amide bonds. The van der Waals surface area contributed by atoms with Gasteiger partial charge in [0.2, 0.25) is 0 Å². The molecule has 1 aliphatic heterocycles. The van der Waals surface area contributed by atoms with Gasteiger partial charge >= 0.3 is 5.97 Å². The van der Waals surface area contributed by atoms with Gasteiger partial charge in [0, 0.05) is 33.1 Å². The summed E-state index contributed by atoms with van der Waals surface area (Å²) in [6, 6.07) is 8.40. The molecular weight excluding hydrogens is 228 g/mol. The number of hydrogen-bond acceptors (Lipinski definition) is 3. The molecule has 1 N–H and O–H groups in total. The van der Waals surface area contributed by atoms with E-state index >= 15 is 0 Å². The number of nitrogens with zero attached hydrogens (tertiary/aromatic N) is 2. The lowest BCUT2D eigenvalue weighted by Gasteiger charge is -2.37. The fourth-order valence-corrected chi connectivity index (χ4v) is 2.38. The second kappa shape index (κ2) is 5.76. The fourth-order valence-electron chi connectivity index (χ4n) is 2.38.